The predicted octanol–water partition coefficient (Wildman–Crippen LogP) is -1.99. The van der Waals surface area contributed by atoms with Crippen LogP contribution in [0.3, 0.4) is 0 Å². The van der Waals surface area contributed by atoms with Crippen LogP contribution in [-0.2, 0) is 0 Å². The van der Waals surface area contributed by atoms with E-state index in [0.717, 1.165) is 16.8 Å². The van der Waals surface area contributed by atoms with Crippen molar-refractivity contribution in [1.82, 2.24) is 15.5 Å². The van der Waals surface area contributed by atoms with Gasteiger partial charge in [-0.3, -0.25) is 4.90 Å². The number of nitrogens with one attached hydrogen (secondary N) is 2. The quantitative estimate of drug-likeness (QED) is 0.369. The fourth-order valence-corrected chi connectivity index (χ4v) is 1.17. The van der Waals surface area contributed by atoms with Crippen LogP contribution in [0.15, 0.2) is 0 Å². The second kappa shape index (κ2) is 4.08. The van der Waals surface area contributed by atoms with Crippen LogP contribution >= 0.6 is 0 Å². The zero-order chi connectivity index (χ0) is 8.20. The molecule has 0 bridgehead atoms. The highest BCUT2D eigenvalue weighted by Gasteiger charge is 2.22. The van der Waals surface area contributed by atoms with Crippen molar-refractivity contribution in [2.24, 2.45) is 0 Å². The van der Waals surface area contributed by atoms with E-state index in [1.54, 1.807) is 0 Å². The molecule has 0 radical (unpaired) electrons. The topological polar surface area (TPSA) is 27.3 Å². The van der Waals surface area contributed by atoms with E-state index in [4.69, 9.17) is 0 Å². The molecule has 0 aliphatic heterocycles. The SMILES string of the molecule is CNCC([SiH3])(NC)N(C)C. The third-order valence-electron chi connectivity index (χ3n) is 2.05. The molecule has 0 fully saturated rings. The summed E-state index contributed by atoms with van der Waals surface area (Å²) in [7, 11) is 9.30. The standard InChI is InChI=1S/C6H19N3Si/c1-7-5-6(10,8-2)9(3)4/h7-8H,5H2,1-4,10H3. The van der Waals surface area contributed by atoms with Gasteiger partial charge >= 0.3 is 0 Å². The van der Waals surface area contributed by atoms with Crippen LogP contribution in [0.1, 0.15) is 0 Å². The van der Waals surface area contributed by atoms with Gasteiger partial charge in [-0.15, -0.1) is 0 Å². The second-order valence-corrected chi connectivity index (χ2v) is 4.60. The maximum Gasteiger partial charge on any atom is 0.0613 e. The largest absolute Gasteiger partial charge is 0.317 e. The van der Waals surface area contributed by atoms with E-state index in [9.17, 15) is 0 Å². The van der Waals surface area contributed by atoms with E-state index >= 15 is 0 Å². The Balaban J connectivity index is 3.94. The van der Waals surface area contributed by atoms with Crippen molar-refractivity contribution in [3.63, 3.8) is 0 Å². The first-order valence-corrected chi connectivity index (χ1v) is 4.58. The summed E-state index contributed by atoms with van der Waals surface area (Å²) in [6.07, 6.45) is 0. The fourth-order valence-electron chi connectivity index (χ4n) is 0.814. The lowest BCUT2D eigenvalue weighted by molar-refractivity contribution is 0.209. The number of hydrogen-bond acceptors (Lipinski definition) is 3. The Hall–Kier alpha value is 0.0969. The molecule has 4 heteroatoms. The molecule has 0 saturated heterocycles. The van der Waals surface area contributed by atoms with Gasteiger partial charge in [-0.25, -0.2) is 0 Å². The lowest BCUT2D eigenvalue weighted by atomic mass is 10.4. The molecule has 0 aliphatic carbocycles. The van der Waals surface area contributed by atoms with Crippen molar-refractivity contribution >= 4 is 10.2 Å². The Labute approximate surface area is 66.6 Å². The minimum Gasteiger partial charge on any atom is -0.317 e. The third kappa shape index (κ3) is 2.38. The molecule has 0 aliphatic rings. The Morgan fingerprint density at radius 1 is 1.40 bits per heavy atom. The lowest BCUT2D eigenvalue weighted by Crippen LogP contribution is -2.60. The molecule has 0 aromatic carbocycles. The first-order chi connectivity index (χ1) is 4.56. The summed E-state index contributed by atoms with van der Waals surface area (Å²) in [5.74, 6) is 0. The summed E-state index contributed by atoms with van der Waals surface area (Å²) in [6, 6.07) is 0. The van der Waals surface area contributed by atoms with Crippen molar-refractivity contribution in [2.75, 3.05) is 34.7 Å². The third-order valence-corrected chi connectivity index (χ3v) is 3.79. The molecule has 0 heterocycles. The number of nitrogens with zero attached hydrogens (tertiary/aromatic N) is 1. The molecule has 3 nitrogen and oxygen atoms in total. The van der Waals surface area contributed by atoms with Crippen LogP contribution < -0.4 is 10.6 Å². The molecule has 0 amide bonds. The predicted molar refractivity (Wildman–Crippen MR) is 49.3 cm³/mol. The average molecular weight is 161 g/mol. The lowest BCUT2D eigenvalue weighted by Gasteiger charge is -2.36. The molecule has 0 spiro atoms. The van der Waals surface area contributed by atoms with E-state index < -0.39 is 0 Å². The first-order valence-electron chi connectivity index (χ1n) is 3.58. The van der Waals surface area contributed by atoms with Crippen LogP contribution in [0, 0.1) is 0 Å². The van der Waals surface area contributed by atoms with Crippen molar-refractivity contribution in [3.8, 4) is 0 Å². The monoisotopic (exact) mass is 161 g/mol. The molecule has 1 unspecified atom stereocenters. The summed E-state index contributed by atoms with van der Waals surface area (Å²) in [6.45, 7) is 1.00. The van der Waals surface area contributed by atoms with Crippen molar-refractivity contribution in [3.05, 3.63) is 0 Å². The summed E-state index contributed by atoms with van der Waals surface area (Å²) >= 11 is 0. The van der Waals surface area contributed by atoms with Crippen LogP contribution in [0.4, 0.5) is 0 Å². The highest BCUT2D eigenvalue weighted by atomic mass is 28.1. The van der Waals surface area contributed by atoms with E-state index in [0.29, 0.717) is 0 Å². The van der Waals surface area contributed by atoms with E-state index in [1.807, 2.05) is 14.1 Å². The van der Waals surface area contributed by atoms with Gasteiger partial charge in [0.1, 0.15) is 0 Å². The van der Waals surface area contributed by atoms with Crippen LogP contribution in [0.5, 0.6) is 0 Å². The minimum absolute atomic E-state index is 0.203. The zero-order valence-electron chi connectivity index (χ0n) is 7.65. The van der Waals surface area contributed by atoms with Gasteiger partial charge in [0.2, 0.25) is 0 Å². The molecular formula is C6H19N3Si. The van der Waals surface area contributed by atoms with Crippen LogP contribution in [-0.4, -0.2) is 55.2 Å². The number of likely N-dealkylation sites (N-methyl/N-ethyl adjacent to an activating group) is 3. The molecule has 62 valence electrons. The molecule has 0 saturated carbocycles. The summed E-state index contributed by atoms with van der Waals surface area (Å²) in [5.41, 5.74) is 0. The normalized spacial score (nSPS) is 17.7. The Bertz CT molecular complexity index is 97.0. The molecule has 1 atom stereocenters. The maximum atomic E-state index is 3.30. The fraction of sp³-hybridized carbons (Fsp3) is 1.00. The maximum absolute atomic E-state index is 3.30. The molecule has 0 aromatic rings. The van der Waals surface area contributed by atoms with Gasteiger partial charge in [0.15, 0.2) is 0 Å². The van der Waals surface area contributed by atoms with Gasteiger partial charge in [0.05, 0.1) is 5.29 Å². The minimum atomic E-state index is 0.203. The average Bonchev–Trinajstić information content (AvgIpc) is 1.88. The summed E-state index contributed by atoms with van der Waals surface area (Å²) < 4.78 is 0. The second-order valence-electron chi connectivity index (χ2n) is 2.95. The first kappa shape index (κ1) is 10.1. The zero-order valence-corrected chi connectivity index (χ0v) is 9.65. The van der Waals surface area contributed by atoms with Gasteiger partial charge in [-0.1, -0.05) is 0 Å². The van der Waals surface area contributed by atoms with Crippen LogP contribution in [0.25, 0.3) is 0 Å². The summed E-state index contributed by atoms with van der Waals surface area (Å²) in [4.78, 5) is 2.22. The van der Waals surface area contributed by atoms with E-state index in [2.05, 4.69) is 29.6 Å². The van der Waals surface area contributed by atoms with Crippen LogP contribution in [0.2, 0.25) is 0 Å². The summed E-state index contributed by atoms with van der Waals surface area (Å²) in [5, 5.41) is 6.68. The van der Waals surface area contributed by atoms with Gasteiger partial charge < -0.3 is 10.6 Å². The van der Waals surface area contributed by atoms with Gasteiger partial charge in [0.25, 0.3) is 0 Å². The molecule has 2 N–H and O–H groups in total. The molecular weight excluding hydrogens is 142 g/mol. The van der Waals surface area contributed by atoms with E-state index in [-0.39, 0.29) is 5.29 Å². The Morgan fingerprint density at radius 3 is 2.00 bits per heavy atom. The van der Waals surface area contributed by atoms with Gasteiger partial charge in [-0.2, -0.15) is 0 Å². The number of hydrogen-bond donors (Lipinski definition) is 2. The molecule has 10 heavy (non-hydrogen) atoms. The Morgan fingerprint density at radius 2 is 1.90 bits per heavy atom. The van der Waals surface area contributed by atoms with Crippen molar-refractivity contribution in [2.45, 2.75) is 5.29 Å². The van der Waals surface area contributed by atoms with Gasteiger partial charge in [-0.05, 0) is 28.2 Å². The van der Waals surface area contributed by atoms with Crippen molar-refractivity contribution < 1.29 is 0 Å². The Kier molecular flexibility index (Phi) is 4.11. The van der Waals surface area contributed by atoms with Gasteiger partial charge in [0, 0.05) is 16.8 Å². The highest BCUT2D eigenvalue weighted by molar-refractivity contribution is 6.15. The smallest absolute Gasteiger partial charge is 0.0613 e. The van der Waals surface area contributed by atoms with Crippen molar-refractivity contribution in [1.29, 1.82) is 0 Å². The molecule has 0 rings (SSSR count). The number of rotatable bonds is 4. The highest BCUT2D eigenvalue weighted by Crippen LogP contribution is 1.98. The molecule has 0 aromatic heterocycles. The van der Waals surface area contributed by atoms with E-state index in [1.165, 1.54) is 0 Å².